The zero-order valence-electron chi connectivity index (χ0n) is 7.81. The van der Waals surface area contributed by atoms with E-state index in [0.717, 1.165) is 17.4 Å². The Morgan fingerprint density at radius 1 is 1.27 bits per heavy atom. The number of nitrogens with one attached hydrogen (secondary N) is 1. The molecule has 1 aromatic carbocycles. The van der Waals surface area contributed by atoms with Crippen molar-refractivity contribution in [3.05, 3.63) is 52.7 Å². The lowest BCUT2D eigenvalue weighted by Crippen LogP contribution is -2.07. The summed E-state index contributed by atoms with van der Waals surface area (Å²) in [5, 5.41) is 0. The van der Waals surface area contributed by atoms with Crippen LogP contribution in [0.15, 0.2) is 41.5 Å². The molecule has 0 aliphatic heterocycles. The van der Waals surface area contributed by atoms with Crippen molar-refractivity contribution in [2.75, 3.05) is 0 Å². The van der Waals surface area contributed by atoms with E-state index in [9.17, 15) is 9.59 Å². The molecule has 0 unspecified atom stereocenters. The van der Waals surface area contributed by atoms with Crippen molar-refractivity contribution in [2.45, 2.75) is 0 Å². The Labute approximate surface area is 85.6 Å². The third kappa shape index (κ3) is 1.99. The van der Waals surface area contributed by atoms with Crippen molar-refractivity contribution in [1.29, 1.82) is 0 Å². The highest BCUT2D eigenvalue weighted by Crippen LogP contribution is 2.16. The lowest BCUT2D eigenvalue weighted by atomic mass is 10.1. The average Bonchev–Trinajstić information content (AvgIpc) is 2.30. The zero-order chi connectivity index (χ0) is 10.7. The SMILES string of the molecule is O=Cc1cccc(-c2cnc(=O)[nH]c2)c1. The van der Waals surface area contributed by atoms with E-state index < -0.39 is 0 Å². The summed E-state index contributed by atoms with van der Waals surface area (Å²) in [6.45, 7) is 0. The van der Waals surface area contributed by atoms with Crippen LogP contribution in [0.3, 0.4) is 0 Å². The van der Waals surface area contributed by atoms with Crippen LogP contribution in [0.2, 0.25) is 0 Å². The summed E-state index contributed by atoms with van der Waals surface area (Å²) in [6, 6.07) is 7.09. The van der Waals surface area contributed by atoms with E-state index in [-0.39, 0.29) is 5.69 Å². The summed E-state index contributed by atoms with van der Waals surface area (Å²) >= 11 is 0. The van der Waals surface area contributed by atoms with Crippen molar-refractivity contribution < 1.29 is 4.79 Å². The summed E-state index contributed by atoms with van der Waals surface area (Å²) in [4.78, 5) is 27.4. The van der Waals surface area contributed by atoms with Gasteiger partial charge in [-0.2, -0.15) is 0 Å². The Kier molecular flexibility index (Phi) is 2.41. The second kappa shape index (κ2) is 3.88. The summed E-state index contributed by atoms with van der Waals surface area (Å²) in [7, 11) is 0. The van der Waals surface area contributed by atoms with Gasteiger partial charge in [0, 0.05) is 23.5 Å². The van der Waals surface area contributed by atoms with Crippen LogP contribution in [-0.2, 0) is 0 Å². The highest BCUT2D eigenvalue weighted by Gasteiger charge is 1.98. The Balaban J connectivity index is 2.49. The predicted molar refractivity (Wildman–Crippen MR) is 55.7 cm³/mol. The molecule has 0 bridgehead atoms. The average molecular weight is 200 g/mol. The first kappa shape index (κ1) is 9.33. The molecular formula is C11H8N2O2. The lowest BCUT2D eigenvalue weighted by molar-refractivity contribution is 0.112. The summed E-state index contributed by atoms with van der Waals surface area (Å²) in [5.41, 5.74) is 1.84. The van der Waals surface area contributed by atoms with Crippen LogP contribution in [0.25, 0.3) is 11.1 Å². The van der Waals surface area contributed by atoms with Gasteiger partial charge in [0.1, 0.15) is 6.29 Å². The van der Waals surface area contributed by atoms with Gasteiger partial charge in [0.25, 0.3) is 0 Å². The third-order valence-corrected chi connectivity index (χ3v) is 2.03. The second-order valence-corrected chi connectivity index (χ2v) is 3.05. The summed E-state index contributed by atoms with van der Waals surface area (Å²) in [5.74, 6) is 0. The van der Waals surface area contributed by atoms with Gasteiger partial charge < -0.3 is 4.98 Å². The second-order valence-electron chi connectivity index (χ2n) is 3.05. The van der Waals surface area contributed by atoms with E-state index >= 15 is 0 Å². The minimum absolute atomic E-state index is 0.384. The maximum Gasteiger partial charge on any atom is 0.344 e. The first-order valence-corrected chi connectivity index (χ1v) is 4.40. The number of aromatic amines is 1. The quantitative estimate of drug-likeness (QED) is 0.742. The molecule has 0 aliphatic rings. The highest BCUT2D eigenvalue weighted by atomic mass is 16.1. The van der Waals surface area contributed by atoms with E-state index in [1.807, 2.05) is 6.07 Å². The van der Waals surface area contributed by atoms with Gasteiger partial charge in [-0.25, -0.2) is 9.78 Å². The molecule has 4 nitrogen and oxygen atoms in total. The number of benzene rings is 1. The highest BCUT2D eigenvalue weighted by molar-refractivity contribution is 5.78. The number of aldehydes is 1. The van der Waals surface area contributed by atoms with E-state index in [1.165, 1.54) is 6.20 Å². The number of nitrogens with zero attached hydrogens (tertiary/aromatic N) is 1. The van der Waals surface area contributed by atoms with Gasteiger partial charge >= 0.3 is 5.69 Å². The molecule has 0 amide bonds. The monoisotopic (exact) mass is 200 g/mol. The fourth-order valence-electron chi connectivity index (χ4n) is 1.29. The van der Waals surface area contributed by atoms with Crippen molar-refractivity contribution in [3.8, 4) is 11.1 Å². The Hall–Kier alpha value is -2.23. The minimum atomic E-state index is -0.384. The van der Waals surface area contributed by atoms with E-state index in [1.54, 1.807) is 24.4 Å². The first-order valence-electron chi connectivity index (χ1n) is 4.40. The molecule has 0 radical (unpaired) electrons. The van der Waals surface area contributed by atoms with E-state index in [4.69, 9.17) is 0 Å². The topological polar surface area (TPSA) is 62.8 Å². The van der Waals surface area contributed by atoms with Crippen LogP contribution in [0.1, 0.15) is 10.4 Å². The molecular weight excluding hydrogens is 192 g/mol. The largest absolute Gasteiger partial charge is 0.344 e. The van der Waals surface area contributed by atoms with Crippen molar-refractivity contribution >= 4 is 6.29 Å². The van der Waals surface area contributed by atoms with Crippen LogP contribution >= 0.6 is 0 Å². The Bertz CT molecular complexity index is 526. The molecule has 0 atom stereocenters. The van der Waals surface area contributed by atoms with Crippen molar-refractivity contribution in [3.63, 3.8) is 0 Å². The van der Waals surface area contributed by atoms with Gasteiger partial charge in [-0.1, -0.05) is 18.2 Å². The van der Waals surface area contributed by atoms with Gasteiger partial charge in [0.2, 0.25) is 0 Å². The van der Waals surface area contributed by atoms with Gasteiger partial charge in [-0.15, -0.1) is 0 Å². The number of aromatic nitrogens is 2. The van der Waals surface area contributed by atoms with Crippen LogP contribution in [0.4, 0.5) is 0 Å². The first-order chi connectivity index (χ1) is 7.29. The molecule has 1 N–H and O–H groups in total. The molecule has 0 fully saturated rings. The molecule has 4 heteroatoms. The lowest BCUT2D eigenvalue weighted by Gasteiger charge is -2.00. The fourth-order valence-corrected chi connectivity index (χ4v) is 1.29. The van der Waals surface area contributed by atoms with E-state index in [0.29, 0.717) is 5.56 Å². The Morgan fingerprint density at radius 3 is 2.80 bits per heavy atom. The number of hydrogen-bond acceptors (Lipinski definition) is 3. The molecule has 0 spiro atoms. The van der Waals surface area contributed by atoms with Crippen LogP contribution < -0.4 is 5.69 Å². The third-order valence-electron chi connectivity index (χ3n) is 2.03. The molecule has 1 heterocycles. The number of rotatable bonds is 2. The van der Waals surface area contributed by atoms with Crippen LogP contribution in [0.5, 0.6) is 0 Å². The van der Waals surface area contributed by atoms with Gasteiger partial charge in [-0.3, -0.25) is 4.79 Å². The normalized spacial score (nSPS) is 9.87. The molecule has 0 aliphatic carbocycles. The summed E-state index contributed by atoms with van der Waals surface area (Å²) in [6.07, 6.45) is 3.82. The minimum Gasteiger partial charge on any atom is -0.312 e. The Morgan fingerprint density at radius 2 is 2.13 bits per heavy atom. The maximum absolute atomic E-state index is 10.8. The zero-order valence-corrected chi connectivity index (χ0v) is 7.81. The number of carbonyl (C=O) groups is 1. The molecule has 1 aromatic heterocycles. The fraction of sp³-hybridized carbons (Fsp3) is 0. The standard InChI is InChI=1S/C11H8N2O2/c14-7-8-2-1-3-9(4-8)10-5-12-11(15)13-6-10/h1-7H,(H,12,13,15). The number of H-pyrrole nitrogens is 1. The van der Waals surface area contributed by atoms with Crippen molar-refractivity contribution in [2.24, 2.45) is 0 Å². The molecule has 74 valence electrons. The van der Waals surface area contributed by atoms with Gasteiger partial charge in [0.05, 0.1) is 0 Å². The predicted octanol–water partition coefficient (Wildman–Crippen LogP) is 1.25. The molecule has 2 rings (SSSR count). The smallest absolute Gasteiger partial charge is 0.312 e. The number of hydrogen-bond donors (Lipinski definition) is 1. The molecule has 2 aromatic rings. The van der Waals surface area contributed by atoms with Gasteiger partial charge in [0.15, 0.2) is 0 Å². The van der Waals surface area contributed by atoms with Crippen molar-refractivity contribution in [1.82, 2.24) is 9.97 Å². The van der Waals surface area contributed by atoms with Gasteiger partial charge in [-0.05, 0) is 11.6 Å². The van der Waals surface area contributed by atoms with Crippen LogP contribution in [-0.4, -0.2) is 16.3 Å². The maximum atomic E-state index is 10.8. The number of carbonyl (C=O) groups excluding carboxylic acids is 1. The molecule has 0 saturated carbocycles. The van der Waals surface area contributed by atoms with Crippen LogP contribution in [0, 0.1) is 0 Å². The molecule has 15 heavy (non-hydrogen) atoms. The van der Waals surface area contributed by atoms with E-state index in [2.05, 4.69) is 9.97 Å². The summed E-state index contributed by atoms with van der Waals surface area (Å²) < 4.78 is 0. The molecule has 0 saturated heterocycles.